The first kappa shape index (κ1) is 14.8. The summed E-state index contributed by atoms with van der Waals surface area (Å²) in [4.78, 5) is 37.2. The van der Waals surface area contributed by atoms with Gasteiger partial charge in [-0.3, -0.25) is 19.8 Å². The largest absolute Gasteiger partial charge is 0.444 e. The Hall–Kier alpha value is -3.15. The van der Waals surface area contributed by atoms with E-state index < -0.39 is 17.9 Å². The van der Waals surface area contributed by atoms with Gasteiger partial charge in [0.25, 0.3) is 5.91 Å². The lowest BCUT2D eigenvalue weighted by molar-refractivity contribution is -0.118. The molecule has 0 radical (unpaired) electrons. The third kappa shape index (κ3) is 3.21. The topological polar surface area (TPSA) is 75.7 Å². The highest BCUT2D eigenvalue weighted by Crippen LogP contribution is 2.23. The maximum absolute atomic E-state index is 12.4. The van der Waals surface area contributed by atoms with Crippen LogP contribution in [0.15, 0.2) is 54.6 Å². The van der Waals surface area contributed by atoms with Crippen LogP contribution in [0.25, 0.3) is 0 Å². The summed E-state index contributed by atoms with van der Waals surface area (Å²) in [7, 11) is 0. The molecule has 2 aromatic carbocycles. The van der Waals surface area contributed by atoms with Crippen LogP contribution < -0.4 is 10.2 Å². The number of rotatable bonds is 2. The molecule has 1 heterocycles. The predicted octanol–water partition coefficient (Wildman–Crippen LogP) is 2.10. The molecule has 0 bridgehead atoms. The Morgan fingerprint density at radius 1 is 1.04 bits per heavy atom. The van der Waals surface area contributed by atoms with Crippen molar-refractivity contribution in [2.75, 3.05) is 11.4 Å². The second-order valence-corrected chi connectivity index (χ2v) is 5.02. The highest BCUT2D eigenvalue weighted by molar-refractivity contribution is 6.14. The van der Waals surface area contributed by atoms with Gasteiger partial charge in [0.1, 0.15) is 13.2 Å². The lowest BCUT2D eigenvalue weighted by atomic mass is 10.1. The summed E-state index contributed by atoms with van der Waals surface area (Å²) in [6.07, 6.45) is -0.675. The Balaban J connectivity index is 1.82. The number of ether oxygens (including phenoxy) is 1. The van der Waals surface area contributed by atoms with Crippen LogP contribution in [0.3, 0.4) is 0 Å². The number of carbonyl (C=O) groups excluding carboxylic acids is 3. The average molecular weight is 310 g/mol. The molecule has 0 saturated carbocycles. The van der Waals surface area contributed by atoms with Gasteiger partial charge in [-0.05, 0) is 17.7 Å². The smallest absolute Gasteiger partial charge is 0.415 e. The molecule has 1 aliphatic rings. The van der Waals surface area contributed by atoms with Crippen LogP contribution in [0.2, 0.25) is 0 Å². The standard InChI is InChI=1S/C17H14N2O4/c20-15-10-19(14-9-5-4-8-13(14)16(21)18-15)17(22)23-11-12-6-2-1-3-7-12/h1-9H,10-11H2,(H,18,20,21). The van der Waals surface area contributed by atoms with E-state index in [1.54, 1.807) is 24.3 Å². The lowest BCUT2D eigenvalue weighted by Gasteiger charge is -2.20. The Kier molecular flexibility index (Phi) is 4.05. The van der Waals surface area contributed by atoms with Gasteiger partial charge in [-0.15, -0.1) is 0 Å². The summed E-state index contributed by atoms with van der Waals surface area (Å²) in [6, 6.07) is 15.7. The van der Waals surface area contributed by atoms with Gasteiger partial charge < -0.3 is 4.74 Å². The minimum atomic E-state index is -0.675. The molecule has 3 amide bonds. The van der Waals surface area contributed by atoms with Crippen molar-refractivity contribution >= 4 is 23.6 Å². The SMILES string of the molecule is O=C1CN(C(=O)OCc2ccccc2)c2ccccc2C(=O)N1. The molecule has 0 spiro atoms. The molecule has 116 valence electrons. The fraction of sp³-hybridized carbons (Fsp3) is 0.118. The van der Waals surface area contributed by atoms with E-state index in [1.165, 1.54) is 4.90 Å². The summed E-state index contributed by atoms with van der Waals surface area (Å²) in [5.41, 5.74) is 1.45. The number of fused-ring (bicyclic) bond motifs is 1. The summed E-state index contributed by atoms with van der Waals surface area (Å²) >= 11 is 0. The number of nitrogens with one attached hydrogen (secondary N) is 1. The van der Waals surface area contributed by atoms with Crippen LogP contribution in [-0.4, -0.2) is 24.5 Å². The Morgan fingerprint density at radius 2 is 1.74 bits per heavy atom. The molecule has 6 heteroatoms. The van der Waals surface area contributed by atoms with E-state index in [-0.39, 0.29) is 18.7 Å². The Bertz CT molecular complexity index is 758. The van der Waals surface area contributed by atoms with Gasteiger partial charge in [-0.25, -0.2) is 4.79 Å². The number of hydrogen-bond acceptors (Lipinski definition) is 4. The van der Waals surface area contributed by atoms with Gasteiger partial charge in [-0.2, -0.15) is 0 Å². The summed E-state index contributed by atoms with van der Waals surface area (Å²) in [5.74, 6) is -1.08. The first-order valence-electron chi connectivity index (χ1n) is 7.06. The molecule has 0 unspecified atom stereocenters. The van der Waals surface area contributed by atoms with Gasteiger partial charge in [0.2, 0.25) is 5.91 Å². The number of nitrogens with zero attached hydrogens (tertiary/aromatic N) is 1. The molecular formula is C17H14N2O4. The van der Waals surface area contributed by atoms with Crippen molar-refractivity contribution in [2.45, 2.75) is 6.61 Å². The van der Waals surface area contributed by atoms with E-state index in [0.29, 0.717) is 5.69 Å². The molecular weight excluding hydrogens is 296 g/mol. The monoisotopic (exact) mass is 310 g/mol. The highest BCUT2D eigenvalue weighted by atomic mass is 16.6. The van der Waals surface area contributed by atoms with Gasteiger partial charge >= 0.3 is 6.09 Å². The highest BCUT2D eigenvalue weighted by Gasteiger charge is 2.29. The summed E-state index contributed by atoms with van der Waals surface area (Å²) < 4.78 is 5.26. The number of imide groups is 1. The van der Waals surface area contributed by atoms with Crippen LogP contribution in [0.5, 0.6) is 0 Å². The maximum Gasteiger partial charge on any atom is 0.415 e. The molecule has 6 nitrogen and oxygen atoms in total. The maximum atomic E-state index is 12.4. The van der Waals surface area contributed by atoms with Crippen molar-refractivity contribution in [3.8, 4) is 0 Å². The van der Waals surface area contributed by atoms with E-state index in [1.807, 2.05) is 30.3 Å². The zero-order valence-electron chi connectivity index (χ0n) is 12.2. The number of carbonyl (C=O) groups is 3. The summed E-state index contributed by atoms with van der Waals surface area (Å²) in [5, 5.41) is 2.23. The van der Waals surface area contributed by atoms with E-state index in [2.05, 4.69) is 5.32 Å². The predicted molar refractivity (Wildman–Crippen MR) is 82.9 cm³/mol. The third-order valence-electron chi connectivity index (χ3n) is 3.42. The molecule has 1 N–H and O–H groups in total. The van der Waals surface area contributed by atoms with Crippen LogP contribution in [0.1, 0.15) is 15.9 Å². The minimum absolute atomic E-state index is 0.0912. The molecule has 3 rings (SSSR count). The van der Waals surface area contributed by atoms with Crippen molar-refractivity contribution in [3.63, 3.8) is 0 Å². The van der Waals surface area contributed by atoms with Gasteiger partial charge in [-0.1, -0.05) is 42.5 Å². The number of hydrogen-bond donors (Lipinski definition) is 1. The molecule has 0 aromatic heterocycles. The zero-order chi connectivity index (χ0) is 16.2. The van der Waals surface area contributed by atoms with Crippen molar-refractivity contribution in [2.24, 2.45) is 0 Å². The van der Waals surface area contributed by atoms with E-state index >= 15 is 0 Å². The van der Waals surface area contributed by atoms with E-state index in [0.717, 1.165) is 5.56 Å². The molecule has 0 atom stereocenters. The minimum Gasteiger partial charge on any atom is -0.444 e. The van der Waals surface area contributed by atoms with Gasteiger partial charge in [0, 0.05) is 0 Å². The molecule has 0 saturated heterocycles. The Labute approximate surface area is 132 Å². The fourth-order valence-corrected chi connectivity index (χ4v) is 2.32. The molecule has 23 heavy (non-hydrogen) atoms. The van der Waals surface area contributed by atoms with Gasteiger partial charge in [0.05, 0.1) is 11.3 Å². The average Bonchev–Trinajstić information content (AvgIpc) is 2.70. The zero-order valence-corrected chi connectivity index (χ0v) is 12.2. The van der Waals surface area contributed by atoms with Crippen LogP contribution in [0.4, 0.5) is 10.5 Å². The quantitative estimate of drug-likeness (QED) is 0.862. The third-order valence-corrected chi connectivity index (χ3v) is 3.42. The van der Waals surface area contributed by atoms with Crippen molar-refractivity contribution in [1.29, 1.82) is 0 Å². The molecule has 2 aromatic rings. The van der Waals surface area contributed by atoms with Crippen molar-refractivity contribution in [3.05, 3.63) is 65.7 Å². The number of anilines is 1. The number of amides is 3. The van der Waals surface area contributed by atoms with Crippen molar-refractivity contribution in [1.82, 2.24) is 5.32 Å². The first-order chi connectivity index (χ1) is 11.1. The van der Waals surface area contributed by atoms with Crippen LogP contribution in [0, 0.1) is 0 Å². The number of benzene rings is 2. The van der Waals surface area contributed by atoms with Crippen LogP contribution >= 0.6 is 0 Å². The number of para-hydroxylation sites is 1. The normalized spacial score (nSPS) is 13.8. The molecule has 0 fully saturated rings. The van der Waals surface area contributed by atoms with Crippen LogP contribution in [-0.2, 0) is 16.1 Å². The molecule has 1 aliphatic heterocycles. The fourth-order valence-electron chi connectivity index (χ4n) is 2.32. The second kappa shape index (κ2) is 6.31. The molecule has 0 aliphatic carbocycles. The Morgan fingerprint density at radius 3 is 2.52 bits per heavy atom. The second-order valence-electron chi connectivity index (χ2n) is 5.02. The van der Waals surface area contributed by atoms with E-state index in [9.17, 15) is 14.4 Å². The first-order valence-corrected chi connectivity index (χ1v) is 7.06. The van der Waals surface area contributed by atoms with Gasteiger partial charge in [0.15, 0.2) is 0 Å². The summed E-state index contributed by atoms with van der Waals surface area (Å²) in [6.45, 7) is -0.176. The lowest BCUT2D eigenvalue weighted by Crippen LogP contribution is -2.39. The van der Waals surface area contributed by atoms with Crippen molar-refractivity contribution < 1.29 is 19.1 Å². The van der Waals surface area contributed by atoms with E-state index in [4.69, 9.17) is 4.74 Å².